The summed E-state index contributed by atoms with van der Waals surface area (Å²) < 4.78 is 42.2. The Kier molecular flexibility index (Phi) is 5.25. The highest BCUT2D eigenvalue weighted by Crippen LogP contribution is 2.29. The van der Waals surface area contributed by atoms with Gasteiger partial charge in [-0.25, -0.2) is 9.78 Å². The highest BCUT2D eigenvalue weighted by molar-refractivity contribution is 7.15. The molecular formula is C15H15F3N2O2S. The number of hydrogen-bond donors (Lipinski definition) is 1. The van der Waals surface area contributed by atoms with Crippen LogP contribution in [0.5, 0.6) is 0 Å². The maximum atomic E-state index is 12.5. The number of alkyl halides is 3. The molecule has 0 saturated carbocycles. The van der Waals surface area contributed by atoms with Crippen LogP contribution in [0.1, 0.15) is 33.4 Å². The van der Waals surface area contributed by atoms with Gasteiger partial charge in [-0.2, -0.15) is 13.2 Å². The normalized spacial score (nSPS) is 11.3. The van der Waals surface area contributed by atoms with Crippen LogP contribution in [0.2, 0.25) is 0 Å². The molecule has 124 valence electrons. The number of esters is 1. The van der Waals surface area contributed by atoms with Crippen LogP contribution in [0.25, 0.3) is 0 Å². The molecule has 0 unspecified atom stereocenters. The zero-order chi connectivity index (χ0) is 17.0. The minimum atomic E-state index is -4.34. The Morgan fingerprint density at radius 2 is 1.96 bits per heavy atom. The lowest BCUT2D eigenvalue weighted by atomic mass is 10.1. The Morgan fingerprint density at radius 3 is 2.48 bits per heavy atom. The molecule has 0 aliphatic heterocycles. The number of carbonyl (C=O) groups excluding carboxylic acids is 1. The van der Waals surface area contributed by atoms with E-state index >= 15 is 0 Å². The molecular weight excluding hydrogens is 329 g/mol. The summed E-state index contributed by atoms with van der Waals surface area (Å²) in [5, 5.41) is 3.54. The van der Waals surface area contributed by atoms with Crippen LogP contribution in [0.3, 0.4) is 0 Å². The summed E-state index contributed by atoms with van der Waals surface area (Å²) in [4.78, 5) is 16.6. The van der Waals surface area contributed by atoms with E-state index in [4.69, 9.17) is 0 Å². The van der Waals surface area contributed by atoms with E-state index < -0.39 is 17.7 Å². The standard InChI is InChI=1S/C15H15F3N2O2S/c1-3-11-12(13(21)22-2)20-14(23-11)19-8-9-4-6-10(7-5-9)15(16,17)18/h4-7H,3,8H2,1-2H3,(H,19,20). The van der Waals surface area contributed by atoms with E-state index in [0.29, 0.717) is 23.7 Å². The zero-order valence-corrected chi connectivity index (χ0v) is 13.3. The van der Waals surface area contributed by atoms with Crippen LogP contribution in [-0.4, -0.2) is 18.1 Å². The third-order valence-corrected chi connectivity index (χ3v) is 4.28. The molecule has 0 saturated heterocycles. The van der Waals surface area contributed by atoms with Gasteiger partial charge in [-0.3, -0.25) is 0 Å². The van der Waals surface area contributed by atoms with E-state index in [1.54, 1.807) is 0 Å². The third-order valence-electron chi connectivity index (χ3n) is 3.12. The first-order chi connectivity index (χ1) is 10.8. The summed E-state index contributed by atoms with van der Waals surface area (Å²) in [7, 11) is 1.29. The molecule has 2 aromatic rings. The minimum absolute atomic E-state index is 0.273. The molecule has 0 amide bonds. The van der Waals surface area contributed by atoms with E-state index in [-0.39, 0.29) is 5.69 Å². The Bertz CT molecular complexity index is 681. The van der Waals surface area contributed by atoms with Crippen molar-refractivity contribution >= 4 is 22.4 Å². The van der Waals surface area contributed by atoms with Crippen molar-refractivity contribution in [3.8, 4) is 0 Å². The van der Waals surface area contributed by atoms with Gasteiger partial charge in [0.15, 0.2) is 10.8 Å². The predicted molar refractivity (Wildman–Crippen MR) is 81.6 cm³/mol. The maximum absolute atomic E-state index is 12.5. The van der Waals surface area contributed by atoms with Crippen molar-refractivity contribution in [3.05, 3.63) is 46.0 Å². The first-order valence-corrected chi connectivity index (χ1v) is 7.64. The molecule has 0 atom stereocenters. The van der Waals surface area contributed by atoms with Crippen molar-refractivity contribution < 1.29 is 22.7 Å². The summed E-state index contributed by atoms with van der Waals surface area (Å²) in [6, 6.07) is 4.89. The fourth-order valence-corrected chi connectivity index (χ4v) is 2.80. The van der Waals surface area contributed by atoms with E-state index in [1.807, 2.05) is 6.92 Å². The van der Waals surface area contributed by atoms with Gasteiger partial charge < -0.3 is 10.1 Å². The quantitative estimate of drug-likeness (QED) is 0.829. The molecule has 1 N–H and O–H groups in total. The molecule has 0 aliphatic carbocycles. The number of nitrogens with one attached hydrogen (secondary N) is 1. The molecule has 8 heteroatoms. The number of aromatic nitrogens is 1. The number of benzene rings is 1. The SMILES string of the molecule is CCc1sc(NCc2ccc(C(F)(F)F)cc2)nc1C(=O)OC. The Hall–Kier alpha value is -2.09. The van der Waals surface area contributed by atoms with E-state index in [1.165, 1.54) is 30.6 Å². The van der Waals surface area contributed by atoms with Gasteiger partial charge in [0.2, 0.25) is 0 Å². The molecule has 0 radical (unpaired) electrons. The topological polar surface area (TPSA) is 51.2 Å². The Labute approximate surface area is 135 Å². The van der Waals surface area contributed by atoms with Gasteiger partial charge in [-0.15, -0.1) is 11.3 Å². The van der Waals surface area contributed by atoms with Gasteiger partial charge >= 0.3 is 12.1 Å². The monoisotopic (exact) mass is 344 g/mol. The van der Waals surface area contributed by atoms with Crippen molar-refractivity contribution in [2.45, 2.75) is 26.1 Å². The number of thiazole rings is 1. The second-order valence-corrected chi connectivity index (χ2v) is 5.77. The molecule has 0 fully saturated rings. The van der Waals surface area contributed by atoms with Gasteiger partial charge in [0.1, 0.15) is 0 Å². The highest BCUT2D eigenvalue weighted by atomic mass is 32.1. The van der Waals surface area contributed by atoms with Crippen LogP contribution >= 0.6 is 11.3 Å². The number of nitrogens with zero attached hydrogens (tertiary/aromatic N) is 1. The third kappa shape index (κ3) is 4.22. The zero-order valence-electron chi connectivity index (χ0n) is 12.5. The number of rotatable bonds is 5. The minimum Gasteiger partial charge on any atom is -0.464 e. The second kappa shape index (κ2) is 6.99. The number of anilines is 1. The average molecular weight is 344 g/mol. The molecule has 1 heterocycles. The number of aryl methyl sites for hydroxylation is 1. The number of hydrogen-bond acceptors (Lipinski definition) is 5. The average Bonchev–Trinajstić information content (AvgIpc) is 2.95. The molecule has 0 spiro atoms. The van der Waals surface area contributed by atoms with Gasteiger partial charge in [-0.1, -0.05) is 19.1 Å². The van der Waals surface area contributed by atoms with Crippen LogP contribution in [0.4, 0.5) is 18.3 Å². The number of halogens is 3. The van der Waals surface area contributed by atoms with E-state index in [0.717, 1.165) is 17.0 Å². The van der Waals surface area contributed by atoms with Crippen molar-refractivity contribution in [2.24, 2.45) is 0 Å². The predicted octanol–water partition coefficient (Wildman–Crippen LogP) is 4.12. The van der Waals surface area contributed by atoms with Crippen molar-refractivity contribution in [1.29, 1.82) is 0 Å². The molecule has 23 heavy (non-hydrogen) atoms. The van der Waals surface area contributed by atoms with Gasteiger partial charge in [-0.05, 0) is 24.1 Å². The van der Waals surface area contributed by atoms with Crippen LogP contribution in [-0.2, 0) is 23.9 Å². The lowest BCUT2D eigenvalue weighted by molar-refractivity contribution is -0.137. The second-order valence-electron chi connectivity index (χ2n) is 4.68. The summed E-state index contributed by atoms with van der Waals surface area (Å²) in [6.07, 6.45) is -3.70. The first kappa shape index (κ1) is 17.3. The number of ether oxygens (including phenoxy) is 1. The summed E-state index contributed by atoms with van der Waals surface area (Å²) >= 11 is 1.33. The van der Waals surface area contributed by atoms with Crippen molar-refractivity contribution in [1.82, 2.24) is 4.98 Å². The Balaban J connectivity index is 2.06. The Morgan fingerprint density at radius 1 is 1.30 bits per heavy atom. The van der Waals surface area contributed by atoms with Gasteiger partial charge in [0, 0.05) is 11.4 Å². The lowest BCUT2D eigenvalue weighted by Crippen LogP contribution is -2.06. The van der Waals surface area contributed by atoms with Crippen LogP contribution in [0.15, 0.2) is 24.3 Å². The van der Waals surface area contributed by atoms with Crippen molar-refractivity contribution in [2.75, 3.05) is 12.4 Å². The van der Waals surface area contributed by atoms with E-state index in [9.17, 15) is 18.0 Å². The molecule has 0 aliphatic rings. The molecule has 2 rings (SSSR count). The summed E-state index contributed by atoms with van der Waals surface area (Å²) in [5.41, 5.74) is 0.275. The van der Waals surface area contributed by atoms with Crippen molar-refractivity contribution in [3.63, 3.8) is 0 Å². The van der Waals surface area contributed by atoms with Gasteiger partial charge in [0.05, 0.1) is 12.7 Å². The number of carbonyl (C=O) groups is 1. The smallest absolute Gasteiger partial charge is 0.416 e. The number of methoxy groups -OCH3 is 1. The molecule has 0 bridgehead atoms. The fourth-order valence-electron chi connectivity index (χ4n) is 1.91. The van der Waals surface area contributed by atoms with Crippen LogP contribution in [0, 0.1) is 0 Å². The van der Waals surface area contributed by atoms with Gasteiger partial charge in [0.25, 0.3) is 0 Å². The summed E-state index contributed by atoms with van der Waals surface area (Å²) in [5.74, 6) is -0.499. The molecule has 1 aromatic carbocycles. The van der Waals surface area contributed by atoms with Crippen LogP contribution < -0.4 is 5.32 Å². The lowest BCUT2D eigenvalue weighted by Gasteiger charge is -2.08. The maximum Gasteiger partial charge on any atom is 0.416 e. The first-order valence-electron chi connectivity index (χ1n) is 6.83. The molecule has 4 nitrogen and oxygen atoms in total. The largest absolute Gasteiger partial charge is 0.464 e. The molecule has 1 aromatic heterocycles. The highest BCUT2D eigenvalue weighted by Gasteiger charge is 2.29. The van der Waals surface area contributed by atoms with E-state index in [2.05, 4.69) is 15.0 Å². The fraction of sp³-hybridized carbons (Fsp3) is 0.333. The summed E-state index contributed by atoms with van der Waals surface area (Å²) in [6.45, 7) is 2.22.